The van der Waals surface area contributed by atoms with E-state index in [1.807, 2.05) is 18.2 Å². The van der Waals surface area contributed by atoms with E-state index in [1.54, 1.807) is 0 Å². The third-order valence-corrected chi connectivity index (χ3v) is 2.19. The third kappa shape index (κ3) is 4.30. The van der Waals surface area contributed by atoms with Gasteiger partial charge in [0, 0.05) is 5.02 Å². The van der Waals surface area contributed by atoms with Crippen LogP contribution in [0, 0.1) is 0 Å². The van der Waals surface area contributed by atoms with E-state index in [1.165, 1.54) is 12.0 Å². The van der Waals surface area contributed by atoms with Crippen molar-refractivity contribution in [1.29, 1.82) is 0 Å². The van der Waals surface area contributed by atoms with Gasteiger partial charge in [-0.15, -0.1) is 0 Å². The van der Waals surface area contributed by atoms with Gasteiger partial charge in [-0.25, -0.2) is 0 Å². The highest BCUT2D eigenvalue weighted by Gasteiger charge is 1.95. The lowest BCUT2D eigenvalue weighted by Gasteiger charge is -2.08. The number of hydrogen-bond donors (Lipinski definition) is 0. The Hall–Kier alpha value is -0.530. The molecule has 0 unspecified atom stereocenters. The molecule has 0 N–H and O–H groups in total. The van der Waals surface area contributed by atoms with Crippen LogP contribution in [0.2, 0.25) is 5.02 Å². The first-order valence-corrected chi connectivity index (χ1v) is 4.95. The minimum absolute atomic E-state index is 0.836. The van der Waals surface area contributed by atoms with Crippen molar-refractivity contribution >= 4 is 11.6 Å². The second-order valence-corrected chi connectivity index (χ2v) is 3.97. The number of hydrogen-bond acceptors (Lipinski definition) is 1. The van der Waals surface area contributed by atoms with E-state index in [4.69, 9.17) is 11.6 Å². The number of halogens is 1. The number of aryl methyl sites for hydroxylation is 1. The maximum Gasteiger partial charge on any atom is 0.0408 e. The summed E-state index contributed by atoms with van der Waals surface area (Å²) in [6.07, 6.45) is 2.30. The zero-order valence-electron chi connectivity index (χ0n) is 8.26. The fourth-order valence-electron chi connectivity index (χ4n) is 1.29. The van der Waals surface area contributed by atoms with Gasteiger partial charge < -0.3 is 4.90 Å². The molecule has 0 heterocycles. The average Bonchev–Trinajstić information content (AvgIpc) is 2.03. The fourth-order valence-corrected chi connectivity index (χ4v) is 1.50. The summed E-state index contributed by atoms with van der Waals surface area (Å²) in [6, 6.07) is 8.09. The van der Waals surface area contributed by atoms with Crippen LogP contribution in [0.25, 0.3) is 0 Å². The van der Waals surface area contributed by atoms with Crippen molar-refractivity contribution in [3.05, 3.63) is 34.9 Å². The van der Waals surface area contributed by atoms with E-state index in [0.29, 0.717) is 0 Å². The molecule has 1 aromatic carbocycles. The van der Waals surface area contributed by atoms with Crippen LogP contribution >= 0.6 is 11.6 Å². The smallest absolute Gasteiger partial charge is 0.0408 e. The summed E-state index contributed by atoms with van der Waals surface area (Å²) in [5.41, 5.74) is 1.33. The molecule has 1 aromatic rings. The molecule has 1 nitrogen and oxygen atoms in total. The standard InChI is InChI=1S/C11H16ClN/c1-13(2)8-4-6-10-5-3-7-11(12)9-10/h3,5,7,9H,4,6,8H2,1-2H3. The molecule has 1 rings (SSSR count). The largest absolute Gasteiger partial charge is 0.309 e. The SMILES string of the molecule is CN(C)CCCc1cccc(Cl)c1. The molecule has 0 saturated heterocycles. The Bertz CT molecular complexity index is 258. The van der Waals surface area contributed by atoms with Crippen molar-refractivity contribution < 1.29 is 0 Å². The molecular weight excluding hydrogens is 182 g/mol. The Labute approximate surface area is 85.3 Å². The van der Waals surface area contributed by atoms with Crippen molar-refractivity contribution in [2.45, 2.75) is 12.8 Å². The molecule has 0 fully saturated rings. The highest BCUT2D eigenvalue weighted by Crippen LogP contribution is 2.11. The molecular formula is C11H16ClN. The summed E-state index contributed by atoms with van der Waals surface area (Å²) in [5.74, 6) is 0. The predicted molar refractivity (Wildman–Crippen MR) is 58.3 cm³/mol. The van der Waals surface area contributed by atoms with Gasteiger partial charge in [0.25, 0.3) is 0 Å². The summed E-state index contributed by atoms with van der Waals surface area (Å²) in [7, 11) is 4.19. The third-order valence-electron chi connectivity index (χ3n) is 1.96. The van der Waals surface area contributed by atoms with E-state index in [-0.39, 0.29) is 0 Å². The van der Waals surface area contributed by atoms with Gasteiger partial charge in [0.2, 0.25) is 0 Å². The van der Waals surface area contributed by atoms with E-state index in [2.05, 4.69) is 25.1 Å². The molecule has 0 aliphatic heterocycles. The van der Waals surface area contributed by atoms with E-state index in [0.717, 1.165) is 18.0 Å². The maximum absolute atomic E-state index is 5.88. The highest BCUT2D eigenvalue weighted by molar-refractivity contribution is 6.30. The Kier molecular flexibility index (Phi) is 4.26. The molecule has 13 heavy (non-hydrogen) atoms. The van der Waals surface area contributed by atoms with Crippen molar-refractivity contribution in [2.24, 2.45) is 0 Å². The monoisotopic (exact) mass is 197 g/mol. The van der Waals surface area contributed by atoms with Crippen LogP contribution in [-0.2, 0) is 6.42 Å². The number of nitrogens with zero attached hydrogens (tertiary/aromatic N) is 1. The minimum Gasteiger partial charge on any atom is -0.309 e. The van der Waals surface area contributed by atoms with Crippen LogP contribution in [0.3, 0.4) is 0 Å². The first kappa shape index (κ1) is 10.6. The van der Waals surface area contributed by atoms with Crippen LogP contribution < -0.4 is 0 Å². The normalized spacial score (nSPS) is 10.8. The second-order valence-electron chi connectivity index (χ2n) is 3.54. The fraction of sp³-hybridized carbons (Fsp3) is 0.455. The predicted octanol–water partition coefficient (Wildman–Crippen LogP) is 2.83. The molecule has 0 saturated carbocycles. The van der Waals surface area contributed by atoms with Gasteiger partial charge >= 0.3 is 0 Å². The molecule has 0 radical (unpaired) electrons. The molecule has 0 aliphatic carbocycles. The van der Waals surface area contributed by atoms with Crippen LogP contribution in [0.1, 0.15) is 12.0 Å². The molecule has 2 heteroatoms. The van der Waals surface area contributed by atoms with Gasteiger partial charge in [-0.3, -0.25) is 0 Å². The number of benzene rings is 1. The van der Waals surface area contributed by atoms with Gasteiger partial charge in [-0.1, -0.05) is 23.7 Å². The summed E-state index contributed by atoms with van der Waals surface area (Å²) >= 11 is 5.88. The van der Waals surface area contributed by atoms with Gasteiger partial charge in [0.15, 0.2) is 0 Å². The zero-order chi connectivity index (χ0) is 9.68. The van der Waals surface area contributed by atoms with Crippen LogP contribution in [0.5, 0.6) is 0 Å². The van der Waals surface area contributed by atoms with Crippen LogP contribution in [-0.4, -0.2) is 25.5 Å². The van der Waals surface area contributed by atoms with Crippen LogP contribution in [0.15, 0.2) is 24.3 Å². The maximum atomic E-state index is 5.88. The van der Waals surface area contributed by atoms with Gasteiger partial charge in [0.1, 0.15) is 0 Å². The first-order chi connectivity index (χ1) is 6.18. The van der Waals surface area contributed by atoms with Gasteiger partial charge in [-0.05, 0) is 51.2 Å². The summed E-state index contributed by atoms with van der Waals surface area (Å²) in [4.78, 5) is 2.20. The second kappa shape index (κ2) is 5.25. The van der Waals surface area contributed by atoms with Gasteiger partial charge in [0.05, 0.1) is 0 Å². The Balaban J connectivity index is 2.37. The Morgan fingerprint density at radius 2 is 2.08 bits per heavy atom. The summed E-state index contributed by atoms with van der Waals surface area (Å²) < 4.78 is 0. The average molecular weight is 198 g/mol. The molecule has 0 aromatic heterocycles. The molecule has 0 spiro atoms. The van der Waals surface area contributed by atoms with Crippen molar-refractivity contribution in [1.82, 2.24) is 4.90 Å². The quantitative estimate of drug-likeness (QED) is 0.718. The molecule has 0 bridgehead atoms. The number of rotatable bonds is 4. The van der Waals surface area contributed by atoms with Crippen molar-refractivity contribution in [3.8, 4) is 0 Å². The minimum atomic E-state index is 0.836. The Morgan fingerprint density at radius 1 is 1.31 bits per heavy atom. The lowest BCUT2D eigenvalue weighted by molar-refractivity contribution is 0.400. The molecule has 0 amide bonds. The van der Waals surface area contributed by atoms with E-state index < -0.39 is 0 Å². The Morgan fingerprint density at radius 3 is 2.69 bits per heavy atom. The van der Waals surface area contributed by atoms with Gasteiger partial charge in [-0.2, -0.15) is 0 Å². The molecule has 0 atom stereocenters. The van der Waals surface area contributed by atoms with Crippen molar-refractivity contribution in [3.63, 3.8) is 0 Å². The van der Waals surface area contributed by atoms with Crippen LogP contribution in [0.4, 0.5) is 0 Å². The lowest BCUT2D eigenvalue weighted by atomic mass is 10.1. The topological polar surface area (TPSA) is 3.24 Å². The highest BCUT2D eigenvalue weighted by atomic mass is 35.5. The molecule has 72 valence electrons. The summed E-state index contributed by atoms with van der Waals surface area (Å²) in [6.45, 7) is 1.13. The van der Waals surface area contributed by atoms with E-state index in [9.17, 15) is 0 Å². The molecule has 0 aliphatic rings. The van der Waals surface area contributed by atoms with E-state index >= 15 is 0 Å². The van der Waals surface area contributed by atoms with Crippen molar-refractivity contribution in [2.75, 3.05) is 20.6 Å². The first-order valence-electron chi connectivity index (χ1n) is 4.57. The lowest BCUT2D eigenvalue weighted by Crippen LogP contribution is -2.13. The summed E-state index contributed by atoms with van der Waals surface area (Å²) in [5, 5.41) is 0.836. The zero-order valence-corrected chi connectivity index (χ0v) is 9.01.